The van der Waals surface area contributed by atoms with Crippen LogP contribution in [0.3, 0.4) is 0 Å². The van der Waals surface area contributed by atoms with Crippen molar-refractivity contribution >= 4 is 29.8 Å². The lowest BCUT2D eigenvalue weighted by Gasteiger charge is -2.51. The van der Waals surface area contributed by atoms with E-state index in [2.05, 4.69) is 5.32 Å². The highest BCUT2D eigenvalue weighted by atomic mass is 16.8. The zero-order valence-corrected chi connectivity index (χ0v) is 28.7. The van der Waals surface area contributed by atoms with Gasteiger partial charge in [-0.3, -0.25) is 19.2 Å². The zero-order chi connectivity index (χ0) is 36.7. The van der Waals surface area contributed by atoms with Crippen LogP contribution in [0.1, 0.15) is 45.1 Å². The first-order valence-electron chi connectivity index (χ1n) is 16.3. The van der Waals surface area contributed by atoms with E-state index >= 15 is 0 Å². The van der Waals surface area contributed by atoms with E-state index in [1.807, 2.05) is 60.7 Å². The highest BCUT2D eigenvalue weighted by molar-refractivity contribution is 5.77. The van der Waals surface area contributed by atoms with Crippen LogP contribution < -0.4 is 5.32 Å². The van der Waals surface area contributed by atoms with E-state index in [1.165, 1.54) is 6.92 Å². The maximum absolute atomic E-state index is 13.1. The lowest BCUT2D eigenvalue weighted by Crippen LogP contribution is -2.70. The second-order valence-electron chi connectivity index (χ2n) is 12.0. The smallest absolute Gasteiger partial charge is 0.339 e. The maximum Gasteiger partial charge on any atom is 0.339 e. The van der Waals surface area contributed by atoms with Crippen molar-refractivity contribution in [3.05, 3.63) is 71.8 Å². The minimum Gasteiger partial charge on any atom is -0.467 e. The van der Waals surface area contributed by atoms with Gasteiger partial charge in [-0.2, -0.15) is 0 Å². The molecule has 0 aliphatic carbocycles. The van der Waals surface area contributed by atoms with Crippen molar-refractivity contribution in [2.24, 2.45) is 0 Å². The van der Waals surface area contributed by atoms with Gasteiger partial charge in [0.2, 0.25) is 5.91 Å². The van der Waals surface area contributed by atoms with Gasteiger partial charge in [0.25, 0.3) is 0 Å². The Balaban J connectivity index is 1.56. The molecule has 16 nitrogen and oxygen atoms in total. The fourth-order valence-electron chi connectivity index (χ4n) is 6.14. The van der Waals surface area contributed by atoms with Crippen molar-refractivity contribution in [2.45, 2.75) is 102 Å². The third-order valence-corrected chi connectivity index (χ3v) is 8.16. The topological polar surface area (TPSA) is 190 Å². The minimum atomic E-state index is -1.72. The SMILES string of the molecule is COC(=O)[C@H]1O[C@@H](O[C@@H]2[C@@H](NC(C)=O)[C@H](OCc3ccccc3)O[C@@H]3COC(c4ccccc4)O[C@H]23)[C@H](OC(C)=O)[C@@H](OC(C)=O)[C@@H]1OC(C)=O. The second kappa shape index (κ2) is 17.2. The molecule has 2 aromatic rings. The Bertz CT molecular complexity index is 1520. The molecule has 3 heterocycles. The molecule has 1 N–H and O–H groups in total. The van der Waals surface area contributed by atoms with Gasteiger partial charge < -0.3 is 52.7 Å². The summed E-state index contributed by atoms with van der Waals surface area (Å²) >= 11 is 0. The molecule has 5 rings (SSSR count). The number of nitrogens with one attached hydrogen (secondary N) is 1. The number of amides is 1. The average Bonchev–Trinajstić information content (AvgIpc) is 3.10. The first kappa shape index (κ1) is 37.8. The van der Waals surface area contributed by atoms with Crippen molar-refractivity contribution < 1.29 is 71.3 Å². The van der Waals surface area contributed by atoms with Crippen LogP contribution in [0.25, 0.3) is 0 Å². The molecule has 1 amide bonds. The lowest BCUT2D eigenvalue weighted by atomic mass is 9.94. The number of methoxy groups -OCH3 is 1. The molecule has 3 aliphatic rings. The molecule has 3 fully saturated rings. The summed E-state index contributed by atoms with van der Waals surface area (Å²) in [6, 6.07) is 17.2. The highest BCUT2D eigenvalue weighted by Gasteiger charge is 2.59. The van der Waals surface area contributed by atoms with Crippen molar-refractivity contribution in [2.75, 3.05) is 13.7 Å². The Morgan fingerprint density at radius 2 is 1.33 bits per heavy atom. The van der Waals surface area contributed by atoms with Gasteiger partial charge >= 0.3 is 23.9 Å². The van der Waals surface area contributed by atoms with Gasteiger partial charge in [-0.1, -0.05) is 60.7 Å². The Hall–Kier alpha value is -4.45. The standard InChI is InChI=1S/C35H41NO15/c1-18(37)36-25-27(50-35-31(47-21(4)40)29(46-20(3)39)28(45-19(2)38)30(51-35)32(41)42-5)26-24(17-44-33(49-26)23-14-10-7-11-15-23)48-34(25)43-16-22-12-8-6-9-13-22/h6-15,24-31,33-35H,16-17H2,1-5H3,(H,36,37)/t24-,25-,26+,27-,28+,29+,30+,31-,33?,34-,35-/m1/s1. The van der Waals surface area contributed by atoms with E-state index in [0.717, 1.165) is 33.4 Å². The number of ether oxygens (including phenoxy) is 10. The summed E-state index contributed by atoms with van der Waals surface area (Å²) in [6.45, 7) is 4.64. The molecule has 3 aliphatic heterocycles. The Morgan fingerprint density at radius 3 is 1.94 bits per heavy atom. The van der Waals surface area contributed by atoms with Crippen LogP contribution in [0.5, 0.6) is 0 Å². The van der Waals surface area contributed by atoms with Gasteiger partial charge in [0.15, 0.2) is 43.3 Å². The number of carbonyl (C=O) groups is 5. The van der Waals surface area contributed by atoms with E-state index in [9.17, 15) is 24.0 Å². The summed E-state index contributed by atoms with van der Waals surface area (Å²) in [4.78, 5) is 62.8. The van der Waals surface area contributed by atoms with Crippen LogP contribution in [0.4, 0.5) is 0 Å². The van der Waals surface area contributed by atoms with Gasteiger partial charge in [-0.05, 0) is 5.56 Å². The van der Waals surface area contributed by atoms with E-state index in [0.29, 0.717) is 5.56 Å². The molecule has 51 heavy (non-hydrogen) atoms. The minimum absolute atomic E-state index is 0.0103. The lowest BCUT2D eigenvalue weighted by molar-refractivity contribution is -0.377. The fraction of sp³-hybridized carbons (Fsp3) is 0.514. The summed E-state index contributed by atoms with van der Waals surface area (Å²) < 4.78 is 59.1. The molecule has 0 aromatic heterocycles. The highest BCUT2D eigenvalue weighted by Crippen LogP contribution is 2.39. The monoisotopic (exact) mass is 715 g/mol. The van der Waals surface area contributed by atoms with Gasteiger partial charge in [-0.25, -0.2) is 4.79 Å². The summed E-state index contributed by atoms with van der Waals surface area (Å²) in [7, 11) is 1.08. The van der Waals surface area contributed by atoms with Crippen LogP contribution in [0, 0.1) is 0 Å². The van der Waals surface area contributed by atoms with Crippen LogP contribution in [0.2, 0.25) is 0 Å². The van der Waals surface area contributed by atoms with E-state index in [1.54, 1.807) is 0 Å². The molecule has 1 unspecified atom stereocenters. The van der Waals surface area contributed by atoms with Gasteiger partial charge in [0.05, 0.1) is 20.3 Å². The molecule has 2 aromatic carbocycles. The van der Waals surface area contributed by atoms with Gasteiger partial charge in [0.1, 0.15) is 24.4 Å². The number of carbonyl (C=O) groups excluding carboxylic acids is 5. The quantitative estimate of drug-likeness (QED) is 0.261. The summed E-state index contributed by atoms with van der Waals surface area (Å²) in [6.07, 6.45) is -13.3. The van der Waals surface area contributed by atoms with Gasteiger partial charge in [0, 0.05) is 33.3 Å². The number of fused-ring (bicyclic) bond motifs is 1. The number of hydrogen-bond acceptors (Lipinski definition) is 15. The number of esters is 4. The van der Waals surface area contributed by atoms with Crippen molar-refractivity contribution in [1.29, 1.82) is 0 Å². The Labute approximate surface area is 293 Å². The molecule has 0 radical (unpaired) electrons. The zero-order valence-electron chi connectivity index (χ0n) is 28.7. The van der Waals surface area contributed by atoms with E-state index in [4.69, 9.17) is 47.4 Å². The average molecular weight is 716 g/mol. The largest absolute Gasteiger partial charge is 0.467 e. The first-order valence-corrected chi connectivity index (χ1v) is 16.3. The van der Waals surface area contributed by atoms with Crippen molar-refractivity contribution in [1.82, 2.24) is 5.32 Å². The fourth-order valence-corrected chi connectivity index (χ4v) is 6.14. The predicted molar refractivity (Wildman–Crippen MR) is 170 cm³/mol. The summed E-state index contributed by atoms with van der Waals surface area (Å²) in [5, 5.41) is 2.83. The third kappa shape index (κ3) is 9.46. The predicted octanol–water partition coefficient (Wildman–Crippen LogP) is 1.63. The molecule has 276 valence electrons. The van der Waals surface area contributed by atoms with Crippen LogP contribution in [-0.4, -0.2) is 105 Å². The molecule has 0 spiro atoms. The number of hydrogen-bond donors (Lipinski definition) is 1. The Morgan fingerprint density at radius 1 is 0.725 bits per heavy atom. The van der Waals surface area contributed by atoms with Crippen molar-refractivity contribution in [3.8, 4) is 0 Å². The first-order chi connectivity index (χ1) is 24.4. The number of rotatable bonds is 11. The number of benzene rings is 2. The maximum atomic E-state index is 13.1. The molecular formula is C35H41NO15. The molecule has 0 saturated carbocycles. The van der Waals surface area contributed by atoms with E-state index < -0.39 is 97.4 Å². The summed E-state index contributed by atoms with van der Waals surface area (Å²) in [5.41, 5.74) is 1.50. The van der Waals surface area contributed by atoms with Crippen LogP contribution in [-0.2, 0) is 77.9 Å². The van der Waals surface area contributed by atoms with E-state index in [-0.39, 0.29) is 13.2 Å². The molecule has 16 heteroatoms. The molecular weight excluding hydrogens is 674 g/mol. The normalized spacial score (nSPS) is 31.7. The van der Waals surface area contributed by atoms with Crippen LogP contribution in [0.15, 0.2) is 60.7 Å². The van der Waals surface area contributed by atoms with Gasteiger partial charge in [-0.15, -0.1) is 0 Å². The Kier molecular flexibility index (Phi) is 12.7. The van der Waals surface area contributed by atoms with Crippen molar-refractivity contribution in [3.63, 3.8) is 0 Å². The molecule has 3 saturated heterocycles. The van der Waals surface area contributed by atoms with Crippen LogP contribution >= 0.6 is 0 Å². The molecule has 0 bridgehead atoms. The summed E-state index contributed by atoms with van der Waals surface area (Å²) in [5.74, 6) is -4.03. The second-order valence-corrected chi connectivity index (χ2v) is 12.0. The third-order valence-electron chi connectivity index (χ3n) is 8.16. The molecule has 11 atom stereocenters.